The van der Waals surface area contributed by atoms with E-state index in [1.807, 2.05) is 30.3 Å². The van der Waals surface area contributed by atoms with Crippen molar-refractivity contribution in [3.63, 3.8) is 0 Å². The quantitative estimate of drug-likeness (QED) is 0.642. The van der Waals surface area contributed by atoms with Crippen LogP contribution in [0.4, 0.5) is 10.1 Å². The van der Waals surface area contributed by atoms with Crippen LogP contribution in [0.2, 0.25) is 0 Å². The molecule has 0 amide bonds. The van der Waals surface area contributed by atoms with Gasteiger partial charge < -0.3 is 20.7 Å². The van der Waals surface area contributed by atoms with Crippen LogP contribution in [0.25, 0.3) is 0 Å². The van der Waals surface area contributed by atoms with Crippen LogP contribution in [0.3, 0.4) is 0 Å². The summed E-state index contributed by atoms with van der Waals surface area (Å²) in [6.45, 7) is 2.79. The Morgan fingerprint density at radius 1 is 1.19 bits per heavy atom. The zero-order valence-electron chi connectivity index (χ0n) is 15.3. The van der Waals surface area contributed by atoms with Crippen LogP contribution in [-0.2, 0) is 6.54 Å². The highest BCUT2D eigenvalue weighted by molar-refractivity contribution is 5.78. The predicted molar refractivity (Wildman–Crippen MR) is 106 cm³/mol. The van der Waals surface area contributed by atoms with Crippen molar-refractivity contribution < 1.29 is 9.13 Å². The molecule has 4 rings (SSSR count). The molecule has 0 aromatic heterocycles. The molecule has 5 nitrogen and oxygen atoms in total. The Morgan fingerprint density at radius 3 is 2.85 bits per heavy atom. The molecule has 0 bridgehead atoms. The van der Waals surface area contributed by atoms with E-state index >= 15 is 0 Å². The first-order valence-electron chi connectivity index (χ1n) is 9.53. The SMILES string of the molecule is NC(=NCc1c(F)cccc1N1CCCC1)NC1CCOc2ccccc21. The maximum absolute atomic E-state index is 14.4. The molecular weight excluding hydrogens is 343 g/mol. The van der Waals surface area contributed by atoms with E-state index in [4.69, 9.17) is 10.5 Å². The first-order valence-corrected chi connectivity index (χ1v) is 9.53. The fourth-order valence-corrected chi connectivity index (χ4v) is 3.84. The molecule has 2 aliphatic heterocycles. The van der Waals surface area contributed by atoms with Crippen molar-refractivity contribution in [3.05, 3.63) is 59.4 Å². The number of rotatable bonds is 4. The summed E-state index contributed by atoms with van der Waals surface area (Å²) in [5.41, 5.74) is 8.74. The summed E-state index contributed by atoms with van der Waals surface area (Å²) in [7, 11) is 0. The van der Waals surface area contributed by atoms with E-state index in [1.54, 1.807) is 6.07 Å². The van der Waals surface area contributed by atoms with Crippen LogP contribution < -0.4 is 20.7 Å². The van der Waals surface area contributed by atoms with Crippen LogP contribution in [0, 0.1) is 5.82 Å². The molecule has 0 radical (unpaired) electrons. The van der Waals surface area contributed by atoms with Crippen LogP contribution in [0.1, 0.15) is 36.4 Å². The Kier molecular flexibility index (Phi) is 5.14. The summed E-state index contributed by atoms with van der Waals surface area (Å²) >= 11 is 0. The molecule has 0 saturated carbocycles. The maximum Gasteiger partial charge on any atom is 0.189 e. The van der Waals surface area contributed by atoms with E-state index in [0.717, 1.165) is 49.4 Å². The van der Waals surface area contributed by atoms with E-state index < -0.39 is 0 Å². The highest BCUT2D eigenvalue weighted by atomic mass is 19.1. The fourth-order valence-electron chi connectivity index (χ4n) is 3.84. The van der Waals surface area contributed by atoms with Crippen molar-refractivity contribution in [1.29, 1.82) is 0 Å². The van der Waals surface area contributed by atoms with Gasteiger partial charge in [-0.05, 0) is 31.0 Å². The smallest absolute Gasteiger partial charge is 0.189 e. The highest BCUT2D eigenvalue weighted by Crippen LogP contribution is 2.31. The van der Waals surface area contributed by atoms with Gasteiger partial charge in [0, 0.05) is 36.3 Å². The number of hydrogen-bond acceptors (Lipinski definition) is 3. The average Bonchev–Trinajstić information content (AvgIpc) is 3.22. The number of aliphatic imine (C=N–C) groups is 1. The Labute approximate surface area is 159 Å². The van der Waals surface area contributed by atoms with Crippen molar-refractivity contribution in [2.45, 2.75) is 31.8 Å². The van der Waals surface area contributed by atoms with Crippen LogP contribution in [-0.4, -0.2) is 25.7 Å². The predicted octanol–water partition coefficient (Wildman–Crippen LogP) is 3.35. The maximum atomic E-state index is 14.4. The Hall–Kier alpha value is -2.76. The lowest BCUT2D eigenvalue weighted by Gasteiger charge is -2.27. The van der Waals surface area contributed by atoms with Gasteiger partial charge in [-0.2, -0.15) is 0 Å². The summed E-state index contributed by atoms with van der Waals surface area (Å²) in [4.78, 5) is 6.66. The number of nitrogens with two attached hydrogens (primary N) is 1. The summed E-state index contributed by atoms with van der Waals surface area (Å²) in [6, 6.07) is 13.2. The molecule has 1 unspecified atom stereocenters. The minimum absolute atomic E-state index is 0.0531. The molecule has 1 atom stereocenters. The monoisotopic (exact) mass is 368 g/mol. The van der Waals surface area contributed by atoms with Crippen molar-refractivity contribution in [2.24, 2.45) is 10.7 Å². The number of guanidine groups is 1. The molecule has 1 saturated heterocycles. The Balaban J connectivity index is 1.49. The zero-order valence-corrected chi connectivity index (χ0v) is 15.3. The lowest BCUT2D eigenvalue weighted by Crippen LogP contribution is -2.37. The number of fused-ring (bicyclic) bond motifs is 1. The topological polar surface area (TPSA) is 62.9 Å². The molecule has 0 spiro atoms. The molecule has 3 N–H and O–H groups in total. The first kappa shape index (κ1) is 17.6. The molecular formula is C21H25FN4O. The van der Waals surface area contributed by atoms with Gasteiger partial charge in [0.25, 0.3) is 0 Å². The van der Waals surface area contributed by atoms with Gasteiger partial charge in [0.15, 0.2) is 5.96 Å². The van der Waals surface area contributed by atoms with Crippen molar-refractivity contribution >= 4 is 11.6 Å². The van der Waals surface area contributed by atoms with Crippen molar-refractivity contribution in [1.82, 2.24) is 5.32 Å². The average molecular weight is 368 g/mol. The van der Waals surface area contributed by atoms with Crippen LogP contribution >= 0.6 is 0 Å². The van der Waals surface area contributed by atoms with Gasteiger partial charge >= 0.3 is 0 Å². The minimum atomic E-state index is -0.229. The van der Waals surface area contributed by atoms with Crippen LogP contribution in [0.5, 0.6) is 5.75 Å². The second kappa shape index (κ2) is 7.86. The second-order valence-corrected chi connectivity index (χ2v) is 7.01. The highest BCUT2D eigenvalue weighted by Gasteiger charge is 2.22. The number of nitrogens with zero attached hydrogens (tertiary/aromatic N) is 2. The number of anilines is 1. The third kappa shape index (κ3) is 3.84. The normalized spacial score (nSPS) is 19.5. The number of hydrogen-bond donors (Lipinski definition) is 2. The molecule has 2 aliphatic rings. The second-order valence-electron chi connectivity index (χ2n) is 7.01. The van der Waals surface area contributed by atoms with Gasteiger partial charge in [-0.15, -0.1) is 0 Å². The third-order valence-electron chi connectivity index (χ3n) is 5.23. The van der Waals surface area contributed by atoms with Gasteiger partial charge in [0.1, 0.15) is 11.6 Å². The number of halogens is 1. The van der Waals surface area contributed by atoms with E-state index in [-0.39, 0.29) is 18.4 Å². The standard InChI is InChI=1S/C21H25FN4O/c22-17-7-5-8-19(26-11-3-4-12-26)16(17)14-24-21(23)25-18-10-13-27-20-9-2-1-6-15(18)20/h1-2,5-9,18H,3-4,10-14H2,(H3,23,24,25). The molecule has 0 aliphatic carbocycles. The molecule has 1 fully saturated rings. The Morgan fingerprint density at radius 2 is 2.00 bits per heavy atom. The molecule has 2 aromatic rings. The Bertz CT molecular complexity index is 833. The lowest BCUT2D eigenvalue weighted by molar-refractivity contribution is 0.262. The van der Waals surface area contributed by atoms with Gasteiger partial charge in [-0.3, -0.25) is 0 Å². The first-order chi connectivity index (χ1) is 13.2. The lowest BCUT2D eigenvalue weighted by atomic mass is 10.0. The van der Waals surface area contributed by atoms with Crippen molar-refractivity contribution in [3.8, 4) is 5.75 Å². The summed E-state index contributed by atoms with van der Waals surface area (Å²) in [6.07, 6.45) is 3.10. The van der Waals surface area contributed by atoms with Gasteiger partial charge in [0.05, 0.1) is 19.2 Å². The van der Waals surface area contributed by atoms with E-state index in [1.165, 1.54) is 6.07 Å². The van der Waals surface area contributed by atoms with E-state index in [2.05, 4.69) is 15.2 Å². The van der Waals surface area contributed by atoms with E-state index in [9.17, 15) is 4.39 Å². The summed E-state index contributed by atoms with van der Waals surface area (Å²) in [5, 5.41) is 3.27. The summed E-state index contributed by atoms with van der Waals surface area (Å²) < 4.78 is 20.1. The van der Waals surface area contributed by atoms with Crippen molar-refractivity contribution in [2.75, 3.05) is 24.6 Å². The number of ether oxygens (including phenoxy) is 1. The molecule has 6 heteroatoms. The number of para-hydroxylation sites is 1. The third-order valence-corrected chi connectivity index (χ3v) is 5.23. The summed E-state index contributed by atoms with van der Waals surface area (Å²) in [5.74, 6) is 0.971. The van der Waals surface area contributed by atoms with Gasteiger partial charge in [0.2, 0.25) is 0 Å². The fraction of sp³-hybridized carbons (Fsp3) is 0.381. The molecule has 27 heavy (non-hydrogen) atoms. The van der Waals surface area contributed by atoms with Gasteiger partial charge in [-0.1, -0.05) is 24.3 Å². The number of benzene rings is 2. The number of nitrogens with one attached hydrogen (secondary N) is 1. The van der Waals surface area contributed by atoms with Gasteiger partial charge in [-0.25, -0.2) is 9.38 Å². The molecule has 142 valence electrons. The molecule has 2 aromatic carbocycles. The zero-order chi connectivity index (χ0) is 18.6. The van der Waals surface area contributed by atoms with Crippen LogP contribution in [0.15, 0.2) is 47.5 Å². The van der Waals surface area contributed by atoms with E-state index in [0.29, 0.717) is 18.1 Å². The minimum Gasteiger partial charge on any atom is -0.493 e. The largest absolute Gasteiger partial charge is 0.493 e. The molecule has 2 heterocycles.